The summed E-state index contributed by atoms with van der Waals surface area (Å²) in [7, 11) is 0. The molecule has 0 saturated carbocycles. The van der Waals surface area contributed by atoms with Crippen LogP contribution in [0.15, 0.2) is 46.2 Å². The maximum Gasteiger partial charge on any atom is 0.0157 e. The van der Waals surface area contributed by atoms with Gasteiger partial charge in [0.1, 0.15) is 0 Å². The van der Waals surface area contributed by atoms with Gasteiger partial charge in [0.05, 0.1) is 0 Å². The molecule has 29 heavy (non-hydrogen) atoms. The van der Waals surface area contributed by atoms with Gasteiger partial charge in [0.15, 0.2) is 0 Å². The Bertz CT molecular complexity index is 655. The smallest absolute Gasteiger partial charge is 0.0157 e. The molecule has 0 aliphatic carbocycles. The van der Waals surface area contributed by atoms with Crippen molar-refractivity contribution in [2.75, 3.05) is 0 Å². The van der Waals surface area contributed by atoms with Crippen LogP contribution in [-0.2, 0) is 25.7 Å². The van der Waals surface area contributed by atoms with Crippen LogP contribution < -0.4 is 0 Å². The lowest BCUT2D eigenvalue weighted by atomic mass is 9.98. The molecule has 0 fully saturated rings. The molecule has 0 saturated heterocycles. The Hall–Kier alpha value is -1.21. The molecule has 0 N–H and O–H groups in total. The summed E-state index contributed by atoms with van der Waals surface area (Å²) >= 11 is 2.04. The van der Waals surface area contributed by atoms with Gasteiger partial charge in [-0.2, -0.15) is 0 Å². The summed E-state index contributed by atoms with van der Waals surface area (Å²) in [6, 6.07) is 14.1. The van der Waals surface area contributed by atoms with Gasteiger partial charge in [-0.15, -0.1) is 0 Å². The third-order valence-electron chi connectivity index (χ3n) is 5.84. The minimum atomic E-state index is 1.22. The molecule has 2 rings (SSSR count). The van der Waals surface area contributed by atoms with Gasteiger partial charge < -0.3 is 0 Å². The highest BCUT2D eigenvalue weighted by Crippen LogP contribution is 2.37. The molecule has 0 amide bonds. The van der Waals surface area contributed by atoms with Crippen molar-refractivity contribution in [3.05, 3.63) is 58.7 Å². The molecule has 0 aliphatic rings. The molecule has 1 heteroatoms. The van der Waals surface area contributed by atoms with Crippen LogP contribution in [0.25, 0.3) is 0 Å². The van der Waals surface area contributed by atoms with Gasteiger partial charge in [-0.25, -0.2) is 0 Å². The first-order valence-electron chi connectivity index (χ1n) is 12.1. The molecular weight excluding hydrogens is 368 g/mol. The minimum absolute atomic E-state index is 1.22. The zero-order valence-corrected chi connectivity index (χ0v) is 20.2. The lowest BCUT2D eigenvalue weighted by Crippen LogP contribution is -2.00. The second kappa shape index (κ2) is 13.9. The summed E-state index contributed by atoms with van der Waals surface area (Å²) < 4.78 is 0. The molecular formula is C28H42S. The Morgan fingerprint density at radius 3 is 1.28 bits per heavy atom. The Morgan fingerprint density at radius 1 is 0.517 bits per heavy atom. The van der Waals surface area contributed by atoms with Crippen LogP contribution in [0.2, 0.25) is 0 Å². The van der Waals surface area contributed by atoms with Crippen LogP contribution in [0.4, 0.5) is 0 Å². The van der Waals surface area contributed by atoms with Gasteiger partial charge in [-0.3, -0.25) is 0 Å². The summed E-state index contributed by atoms with van der Waals surface area (Å²) in [6.45, 7) is 9.21. The van der Waals surface area contributed by atoms with Crippen molar-refractivity contribution in [2.24, 2.45) is 0 Å². The summed E-state index contributed by atoms with van der Waals surface area (Å²) in [5, 5.41) is 0. The van der Waals surface area contributed by atoms with E-state index in [1.165, 1.54) is 86.8 Å². The second-order valence-corrected chi connectivity index (χ2v) is 9.39. The molecule has 0 aliphatic heterocycles. The Balaban J connectivity index is 2.38. The van der Waals surface area contributed by atoms with Crippen LogP contribution in [0.1, 0.15) is 101 Å². The number of benzene rings is 2. The summed E-state index contributed by atoms with van der Waals surface area (Å²) in [5.41, 5.74) is 6.41. The van der Waals surface area contributed by atoms with Gasteiger partial charge in [0.2, 0.25) is 0 Å². The van der Waals surface area contributed by atoms with Crippen molar-refractivity contribution in [3.8, 4) is 0 Å². The van der Waals surface area contributed by atoms with Gasteiger partial charge in [0, 0.05) is 9.79 Å². The van der Waals surface area contributed by atoms with Crippen molar-refractivity contribution in [2.45, 2.75) is 115 Å². The maximum atomic E-state index is 2.38. The monoisotopic (exact) mass is 410 g/mol. The Morgan fingerprint density at radius 2 is 0.897 bits per heavy atom. The molecule has 2 aromatic rings. The van der Waals surface area contributed by atoms with Crippen molar-refractivity contribution in [1.29, 1.82) is 0 Å². The Kier molecular flexibility index (Phi) is 11.5. The van der Waals surface area contributed by atoms with E-state index in [0.29, 0.717) is 0 Å². The third-order valence-corrected chi connectivity index (χ3v) is 7.04. The van der Waals surface area contributed by atoms with E-state index in [1.54, 1.807) is 22.3 Å². The van der Waals surface area contributed by atoms with Gasteiger partial charge in [-0.1, -0.05) is 89.4 Å². The van der Waals surface area contributed by atoms with Gasteiger partial charge in [0.25, 0.3) is 0 Å². The highest BCUT2D eigenvalue weighted by Gasteiger charge is 2.14. The van der Waals surface area contributed by atoms with E-state index in [2.05, 4.69) is 64.1 Å². The fraction of sp³-hybridized carbons (Fsp3) is 0.571. The summed E-state index contributed by atoms with van der Waals surface area (Å²) in [5.74, 6) is 0. The zero-order chi connectivity index (χ0) is 20.9. The average Bonchev–Trinajstić information content (AvgIpc) is 2.74. The van der Waals surface area contributed by atoms with Crippen LogP contribution in [0.5, 0.6) is 0 Å². The fourth-order valence-corrected chi connectivity index (χ4v) is 5.25. The summed E-state index contributed by atoms with van der Waals surface area (Å²) in [4.78, 5) is 3.00. The SMILES string of the molecule is CCCCc1cccc(Sc2cccc(CCCC)c2CCCC)c1CCCC. The average molecular weight is 411 g/mol. The molecule has 0 nitrogen and oxygen atoms in total. The standard InChI is InChI=1S/C28H42S/c1-5-9-15-23-17-13-21-27(25(23)19-11-7-3)29-28-22-14-18-24(16-10-6-2)26(28)20-12-8-4/h13-14,17-18,21-22H,5-12,15-16,19-20H2,1-4H3. The number of hydrogen-bond donors (Lipinski definition) is 0. The molecule has 0 aromatic heterocycles. The maximum absolute atomic E-state index is 2.38. The highest BCUT2D eigenvalue weighted by molar-refractivity contribution is 7.99. The first kappa shape index (κ1) is 24.1. The van der Waals surface area contributed by atoms with E-state index in [0.717, 1.165) is 0 Å². The number of rotatable bonds is 14. The molecule has 160 valence electrons. The van der Waals surface area contributed by atoms with E-state index in [9.17, 15) is 0 Å². The molecule has 0 atom stereocenters. The van der Waals surface area contributed by atoms with Gasteiger partial charge in [-0.05, 0) is 85.8 Å². The zero-order valence-electron chi connectivity index (χ0n) is 19.4. The Labute approximate surface area is 184 Å². The lowest BCUT2D eigenvalue weighted by Gasteiger charge is -2.18. The van der Waals surface area contributed by atoms with Crippen LogP contribution in [0, 0.1) is 0 Å². The molecule has 0 spiro atoms. The van der Waals surface area contributed by atoms with Crippen molar-refractivity contribution in [1.82, 2.24) is 0 Å². The van der Waals surface area contributed by atoms with Crippen molar-refractivity contribution < 1.29 is 0 Å². The van der Waals surface area contributed by atoms with Crippen LogP contribution >= 0.6 is 11.8 Å². The van der Waals surface area contributed by atoms with Crippen LogP contribution in [-0.4, -0.2) is 0 Å². The van der Waals surface area contributed by atoms with E-state index < -0.39 is 0 Å². The molecule has 0 bridgehead atoms. The summed E-state index contributed by atoms with van der Waals surface area (Å²) in [6.07, 6.45) is 15.1. The van der Waals surface area contributed by atoms with Crippen molar-refractivity contribution >= 4 is 11.8 Å². The second-order valence-electron chi connectivity index (χ2n) is 8.30. The first-order chi connectivity index (χ1) is 14.2. The fourth-order valence-electron chi connectivity index (χ4n) is 4.01. The first-order valence-corrected chi connectivity index (χ1v) is 13.0. The molecule has 0 unspecified atom stereocenters. The molecule has 0 heterocycles. The predicted molar refractivity (Wildman–Crippen MR) is 131 cm³/mol. The highest BCUT2D eigenvalue weighted by atomic mass is 32.2. The normalized spacial score (nSPS) is 11.2. The molecule has 2 aromatic carbocycles. The van der Waals surface area contributed by atoms with E-state index in [4.69, 9.17) is 0 Å². The van der Waals surface area contributed by atoms with E-state index >= 15 is 0 Å². The third kappa shape index (κ3) is 7.52. The van der Waals surface area contributed by atoms with Crippen LogP contribution in [0.3, 0.4) is 0 Å². The lowest BCUT2D eigenvalue weighted by molar-refractivity contribution is 0.746. The quantitative estimate of drug-likeness (QED) is 0.299. The minimum Gasteiger partial charge on any atom is -0.0895 e. The topological polar surface area (TPSA) is 0 Å². The van der Waals surface area contributed by atoms with Crippen molar-refractivity contribution in [3.63, 3.8) is 0 Å². The molecule has 0 radical (unpaired) electrons. The van der Waals surface area contributed by atoms with E-state index in [1.807, 2.05) is 11.8 Å². The van der Waals surface area contributed by atoms with Gasteiger partial charge >= 0.3 is 0 Å². The number of hydrogen-bond acceptors (Lipinski definition) is 1. The largest absolute Gasteiger partial charge is 0.0895 e. The number of unbranched alkanes of at least 4 members (excludes halogenated alkanes) is 4. The number of aryl methyl sites for hydroxylation is 2. The van der Waals surface area contributed by atoms with E-state index in [-0.39, 0.29) is 0 Å². The predicted octanol–water partition coefficient (Wildman–Crippen LogP) is 9.21.